The Morgan fingerprint density at radius 1 is 1.46 bits per heavy atom. The van der Waals surface area contributed by atoms with Gasteiger partial charge in [0.1, 0.15) is 0 Å². The van der Waals surface area contributed by atoms with Crippen molar-refractivity contribution in [3.8, 4) is 0 Å². The first kappa shape index (κ1) is 12.4. The number of hydrogen-bond acceptors (Lipinski definition) is 3. The van der Waals surface area contributed by atoms with Crippen LogP contribution in [0.2, 0.25) is 0 Å². The van der Waals surface area contributed by atoms with Crippen LogP contribution in [0.5, 0.6) is 0 Å². The van der Waals surface area contributed by atoms with E-state index in [0.717, 1.165) is 6.42 Å². The molecule has 0 rings (SSSR count). The summed E-state index contributed by atoms with van der Waals surface area (Å²) in [5.41, 5.74) is 5.18. The van der Waals surface area contributed by atoms with E-state index in [1.165, 1.54) is 0 Å². The number of rotatable bonds is 5. The van der Waals surface area contributed by atoms with Crippen molar-refractivity contribution in [3.05, 3.63) is 0 Å². The molecule has 0 unspecified atom stereocenters. The van der Waals surface area contributed by atoms with Crippen molar-refractivity contribution in [2.45, 2.75) is 34.1 Å². The molecule has 0 radical (unpaired) electrons. The van der Waals surface area contributed by atoms with Crippen LogP contribution >= 0.6 is 0 Å². The molecule has 0 spiro atoms. The second-order valence-electron chi connectivity index (χ2n) is 4.63. The molecule has 0 bridgehead atoms. The molecule has 2 N–H and O–H groups in total. The van der Waals surface area contributed by atoms with Crippen LogP contribution < -0.4 is 5.73 Å². The number of hydrogen-bond donors (Lipinski definition) is 1. The van der Waals surface area contributed by atoms with Crippen molar-refractivity contribution in [1.29, 1.82) is 0 Å². The average molecular weight is 187 g/mol. The molecule has 0 aliphatic carbocycles. The predicted molar refractivity (Wildman–Crippen MR) is 53.2 cm³/mol. The highest BCUT2D eigenvalue weighted by Gasteiger charge is 2.21. The molecule has 0 aromatic carbocycles. The van der Waals surface area contributed by atoms with E-state index in [1.54, 1.807) is 0 Å². The molecule has 0 saturated carbocycles. The van der Waals surface area contributed by atoms with Gasteiger partial charge in [0, 0.05) is 0 Å². The van der Waals surface area contributed by atoms with Gasteiger partial charge in [-0.05, 0) is 17.8 Å². The third kappa shape index (κ3) is 6.58. The quantitative estimate of drug-likeness (QED) is 0.664. The molecule has 3 heteroatoms. The Kier molecular flexibility index (Phi) is 4.99. The molecule has 0 heterocycles. The Labute approximate surface area is 80.6 Å². The first-order valence-electron chi connectivity index (χ1n) is 4.73. The number of ether oxygens (including phenoxy) is 1. The fourth-order valence-corrected chi connectivity index (χ4v) is 1.50. The van der Waals surface area contributed by atoms with Crippen LogP contribution in [0.25, 0.3) is 0 Å². The van der Waals surface area contributed by atoms with Crippen molar-refractivity contribution in [2.24, 2.45) is 17.1 Å². The van der Waals surface area contributed by atoms with E-state index in [-0.39, 0.29) is 17.9 Å². The molecule has 0 saturated heterocycles. The Morgan fingerprint density at radius 3 is 2.38 bits per heavy atom. The summed E-state index contributed by atoms with van der Waals surface area (Å²) >= 11 is 0. The molecule has 13 heavy (non-hydrogen) atoms. The van der Waals surface area contributed by atoms with Gasteiger partial charge >= 0.3 is 5.97 Å². The van der Waals surface area contributed by atoms with Crippen LogP contribution in [0.4, 0.5) is 0 Å². The van der Waals surface area contributed by atoms with Gasteiger partial charge in [0.25, 0.3) is 0 Å². The Bertz CT molecular complexity index is 164. The Balaban J connectivity index is 3.81. The van der Waals surface area contributed by atoms with Crippen LogP contribution in [0, 0.1) is 11.3 Å². The van der Waals surface area contributed by atoms with E-state index in [1.807, 2.05) is 0 Å². The van der Waals surface area contributed by atoms with Gasteiger partial charge in [0.05, 0.1) is 13.2 Å². The van der Waals surface area contributed by atoms with E-state index >= 15 is 0 Å². The lowest BCUT2D eigenvalue weighted by Crippen LogP contribution is -2.26. The summed E-state index contributed by atoms with van der Waals surface area (Å²) < 4.78 is 4.99. The largest absolute Gasteiger partial charge is 0.464 e. The standard InChI is InChI=1S/C10H21NO2/c1-8(2)5-10(3,4)7-13-9(12)6-11/h8H,5-7,11H2,1-4H3. The van der Waals surface area contributed by atoms with Crippen LogP contribution in [0.3, 0.4) is 0 Å². The maximum atomic E-state index is 10.8. The number of esters is 1. The summed E-state index contributed by atoms with van der Waals surface area (Å²) in [7, 11) is 0. The number of carbonyl (C=O) groups is 1. The van der Waals surface area contributed by atoms with Crippen LogP contribution in [0.1, 0.15) is 34.1 Å². The monoisotopic (exact) mass is 187 g/mol. The molecule has 78 valence electrons. The van der Waals surface area contributed by atoms with Gasteiger partial charge in [-0.3, -0.25) is 4.79 Å². The van der Waals surface area contributed by atoms with Gasteiger partial charge in [-0.25, -0.2) is 0 Å². The van der Waals surface area contributed by atoms with E-state index in [9.17, 15) is 4.79 Å². The molecule has 0 fully saturated rings. The highest BCUT2D eigenvalue weighted by molar-refractivity contribution is 5.71. The van der Waals surface area contributed by atoms with Gasteiger partial charge in [-0.15, -0.1) is 0 Å². The topological polar surface area (TPSA) is 52.3 Å². The summed E-state index contributed by atoms with van der Waals surface area (Å²) in [6.07, 6.45) is 1.05. The summed E-state index contributed by atoms with van der Waals surface area (Å²) in [6, 6.07) is 0. The summed E-state index contributed by atoms with van der Waals surface area (Å²) in [5.74, 6) is 0.295. The third-order valence-corrected chi connectivity index (χ3v) is 1.75. The zero-order valence-electron chi connectivity index (χ0n) is 9.09. The fraction of sp³-hybridized carbons (Fsp3) is 0.900. The molecule has 0 amide bonds. The molecular formula is C10H21NO2. The number of nitrogens with two attached hydrogens (primary N) is 1. The van der Waals surface area contributed by atoms with Gasteiger partial charge in [0.2, 0.25) is 0 Å². The Morgan fingerprint density at radius 2 is 2.00 bits per heavy atom. The van der Waals surface area contributed by atoms with Gasteiger partial charge < -0.3 is 10.5 Å². The molecule has 0 aliphatic heterocycles. The first-order valence-corrected chi connectivity index (χ1v) is 4.73. The lowest BCUT2D eigenvalue weighted by atomic mass is 9.85. The summed E-state index contributed by atoms with van der Waals surface area (Å²) in [5, 5.41) is 0. The minimum Gasteiger partial charge on any atom is -0.464 e. The molecule has 0 atom stereocenters. The second-order valence-corrected chi connectivity index (χ2v) is 4.63. The SMILES string of the molecule is CC(C)CC(C)(C)COC(=O)CN. The van der Waals surface area contributed by atoms with Crippen molar-refractivity contribution in [3.63, 3.8) is 0 Å². The highest BCUT2D eigenvalue weighted by atomic mass is 16.5. The van der Waals surface area contributed by atoms with Crippen molar-refractivity contribution >= 4 is 5.97 Å². The zero-order valence-corrected chi connectivity index (χ0v) is 9.09. The third-order valence-electron chi connectivity index (χ3n) is 1.75. The van der Waals surface area contributed by atoms with Gasteiger partial charge in [0.15, 0.2) is 0 Å². The van der Waals surface area contributed by atoms with Crippen LogP contribution in [0.15, 0.2) is 0 Å². The molecule has 0 aromatic rings. The van der Waals surface area contributed by atoms with E-state index in [2.05, 4.69) is 27.7 Å². The van der Waals surface area contributed by atoms with E-state index in [0.29, 0.717) is 12.5 Å². The molecule has 3 nitrogen and oxygen atoms in total. The normalized spacial score (nSPS) is 11.8. The zero-order chi connectivity index (χ0) is 10.5. The highest BCUT2D eigenvalue weighted by Crippen LogP contribution is 2.25. The van der Waals surface area contributed by atoms with E-state index in [4.69, 9.17) is 10.5 Å². The van der Waals surface area contributed by atoms with Crippen molar-refractivity contribution in [1.82, 2.24) is 0 Å². The van der Waals surface area contributed by atoms with Crippen LogP contribution in [-0.4, -0.2) is 19.1 Å². The predicted octanol–water partition coefficient (Wildman–Crippen LogP) is 1.56. The van der Waals surface area contributed by atoms with Gasteiger partial charge in [-0.1, -0.05) is 27.7 Å². The smallest absolute Gasteiger partial charge is 0.319 e. The number of carbonyl (C=O) groups excluding carboxylic acids is 1. The maximum Gasteiger partial charge on any atom is 0.319 e. The van der Waals surface area contributed by atoms with E-state index < -0.39 is 0 Å². The first-order chi connectivity index (χ1) is 5.87. The Hall–Kier alpha value is -0.570. The molecule has 0 aliphatic rings. The minimum absolute atomic E-state index is 0.0300. The molecular weight excluding hydrogens is 166 g/mol. The average Bonchev–Trinajstić information content (AvgIpc) is 1.98. The van der Waals surface area contributed by atoms with Crippen molar-refractivity contribution < 1.29 is 9.53 Å². The maximum absolute atomic E-state index is 10.8. The minimum atomic E-state index is -0.322. The lowest BCUT2D eigenvalue weighted by molar-refractivity contribution is -0.145. The lowest BCUT2D eigenvalue weighted by Gasteiger charge is -2.25. The van der Waals surface area contributed by atoms with Crippen molar-refractivity contribution in [2.75, 3.05) is 13.2 Å². The molecule has 0 aromatic heterocycles. The summed E-state index contributed by atoms with van der Waals surface area (Å²) in [6.45, 7) is 8.94. The fourth-order valence-electron chi connectivity index (χ4n) is 1.50. The summed E-state index contributed by atoms with van der Waals surface area (Å²) in [4.78, 5) is 10.8. The second kappa shape index (κ2) is 5.22. The van der Waals surface area contributed by atoms with Crippen LogP contribution in [-0.2, 0) is 9.53 Å². The van der Waals surface area contributed by atoms with Gasteiger partial charge in [-0.2, -0.15) is 0 Å².